The average Bonchev–Trinajstić information content (AvgIpc) is 1.76. The van der Waals surface area contributed by atoms with Crippen molar-refractivity contribution >= 4 is 5.97 Å². The molecule has 0 spiro atoms. The molecule has 0 aromatic heterocycles. The zero-order chi connectivity index (χ0) is 11.0. The lowest BCUT2D eigenvalue weighted by Crippen LogP contribution is -2.57. The van der Waals surface area contributed by atoms with Gasteiger partial charge >= 0.3 is 5.97 Å². The summed E-state index contributed by atoms with van der Waals surface area (Å²) >= 11 is 0. The minimum Gasteiger partial charge on any atom is -0.459 e. The Labute approximate surface area is 82.0 Å². The highest BCUT2D eigenvalue weighted by molar-refractivity contribution is 5.72. The fraction of sp³-hybridized carbons (Fsp3) is 0.889. The normalized spacial score (nSPS) is 21.5. The van der Waals surface area contributed by atoms with Crippen molar-refractivity contribution in [2.24, 2.45) is 0 Å². The average molecular weight is 207 g/mol. The Morgan fingerprint density at radius 3 is 2.29 bits per heavy atom. The van der Waals surface area contributed by atoms with E-state index in [9.17, 15) is 13.6 Å². The first-order valence-electron chi connectivity index (χ1n) is 4.50. The van der Waals surface area contributed by atoms with Gasteiger partial charge < -0.3 is 4.74 Å². The molecule has 1 aliphatic heterocycles. The highest BCUT2D eigenvalue weighted by Crippen LogP contribution is 2.26. The number of carbonyl (C=O) groups excluding carboxylic acids is 1. The van der Waals surface area contributed by atoms with Gasteiger partial charge in [0.05, 0.1) is 19.6 Å². The molecule has 0 atom stereocenters. The minimum absolute atomic E-state index is 0.0488. The molecule has 0 radical (unpaired) electrons. The van der Waals surface area contributed by atoms with Gasteiger partial charge in [-0.3, -0.25) is 9.69 Å². The van der Waals surface area contributed by atoms with Crippen molar-refractivity contribution in [3.05, 3.63) is 0 Å². The van der Waals surface area contributed by atoms with Crippen LogP contribution in [0.15, 0.2) is 0 Å². The van der Waals surface area contributed by atoms with Crippen LogP contribution in [-0.2, 0) is 9.53 Å². The summed E-state index contributed by atoms with van der Waals surface area (Å²) in [5, 5.41) is 0. The van der Waals surface area contributed by atoms with E-state index >= 15 is 0 Å². The van der Waals surface area contributed by atoms with Crippen LogP contribution in [0.2, 0.25) is 0 Å². The number of nitrogens with zero attached hydrogens (tertiary/aromatic N) is 1. The SMILES string of the molecule is CC(C)(C)OC(=O)CN1CC(F)(F)C1. The van der Waals surface area contributed by atoms with E-state index in [-0.39, 0.29) is 19.6 Å². The van der Waals surface area contributed by atoms with Crippen LogP contribution in [0.4, 0.5) is 8.78 Å². The lowest BCUT2D eigenvalue weighted by molar-refractivity contribution is -0.168. The van der Waals surface area contributed by atoms with Gasteiger partial charge in [-0.25, -0.2) is 8.78 Å². The predicted molar refractivity (Wildman–Crippen MR) is 47.2 cm³/mol. The fourth-order valence-corrected chi connectivity index (χ4v) is 1.28. The minimum atomic E-state index is -2.62. The Morgan fingerprint density at radius 1 is 1.43 bits per heavy atom. The molecule has 0 amide bonds. The molecule has 14 heavy (non-hydrogen) atoms. The Bertz CT molecular complexity index is 227. The van der Waals surface area contributed by atoms with Crippen LogP contribution in [0.25, 0.3) is 0 Å². The number of ether oxygens (including phenoxy) is 1. The van der Waals surface area contributed by atoms with Crippen LogP contribution in [0.5, 0.6) is 0 Å². The molecular weight excluding hydrogens is 192 g/mol. The molecule has 0 aromatic rings. The van der Waals surface area contributed by atoms with Crippen molar-refractivity contribution in [3.63, 3.8) is 0 Å². The molecule has 0 N–H and O–H groups in total. The Balaban J connectivity index is 2.24. The standard InChI is InChI=1S/C9H15F2NO2/c1-8(2,3)14-7(13)4-12-5-9(10,11)6-12/h4-6H2,1-3H3. The zero-order valence-corrected chi connectivity index (χ0v) is 8.64. The summed E-state index contributed by atoms with van der Waals surface area (Å²) in [5.74, 6) is -3.07. The summed E-state index contributed by atoms with van der Waals surface area (Å²) in [7, 11) is 0. The highest BCUT2D eigenvalue weighted by atomic mass is 19.3. The monoisotopic (exact) mass is 207 g/mol. The van der Waals surface area contributed by atoms with E-state index in [0.29, 0.717) is 0 Å². The molecule has 3 nitrogen and oxygen atoms in total. The molecular formula is C9H15F2NO2. The lowest BCUT2D eigenvalue weighted by Gasteiger charge is -2.38. The first-order chi connectivity index (χ1) is 6.18. The predicted octanol–water partition coefficient (Wildman–Crippen LogP) is 1.28. The fourth-order valence-electron chi connectivity index (χ4n) is 1.28. The van der Waals surface area contributed by atoms with Crippen LogP contribution in [0, 0.1) is 0 Å². The summed E-state index contributed by atoms with van der Waals surface area (Å²) in [4.78, 5) is 12.5. The number of carbonyl (C=O) groups is 1. The summed E-state index contributed by atoms with van der Waals surface area (Å²) < 4.78 is 29.8. The topological polar surface area (TPSA) is 29.5 Å². The van der Waals surface area contributed by atoms with E-state index in [1.165, 1.54) is 4.90 Å². The van der Waals surface area contributed by atoms with Gasteiger partial charge in [0.25, 0.3) is 5.92 Å². The first-order valence-corrected chi connectivity index (χ1v) is 4.50. The third-order valence-corrected chi connectivity index (χ3v) is 1.68. The largest absolute Gasteiger partial charge is 0.459 e. The molecule has 1 aliphatic rings. The smallest absolute Gasteiger partial charge is 0.320 e. The second kappa shape index (κ2) is 3.46. The van der Waals surface area contributed by atoms with Crippen molar-refractivity contribution in [2.45, 2.75) is 32.3 Å². The number of likely N-dealkylation sites (tertiary alicyclic amines) is 1. The van der Waals surface area contributed by atoms with Crippen molar-refractivity contribution in [3.8, 4) is 0 Å². The second-order valence-electron chi connectivity index (χ2n) is 4.59. The molecule has 1 rings (SSSR count). The summed E-state index contributed by atoms with van der Waals surface area (Å²) in [6.07, 6.45) is 0. The van der Waals surface area contributed by atoms with Gasteiger partial charge in [-0.05, 0) is 20.8 Å². The van der Waals surface area contributed by atoms with E-state index in [0.717, 1.165) is 0 Å². The summed E-state index contributed by atoms with van der Waals surface area (Å²) in [5.41, 5.74) is -0.551. The van der Waals surface area contributed by atoms with Gasteiger partial charge in [-0.1, -0.05) is 0 Å². The molecule has 1 heterocycles. The van der Waals surface area contributed by atoms with Crippen LogP contribution in [0.3, 0.4) is 0 Å². The van der Waals surface area contributed by atoms with E-state index in [1.54, 1.807) is 20.8 Å². The number of hydrogen-bond donors (Lipinski definition) is 0. The third kappa shape index (κ3) is 3.57. The van der Waals surface area contributed by atoms with Crippen molar-refractivity contribution < 1.29 is 18.3 Å². The van der Waals surface area contributed by atoms with Crippen LogP contribution < -0.4 is 0 Å². The molecule has 0 unspecified atom stereocenters. The van der Waals surface area contributed by atoms with E-state index < -0.39 is 17.5 Å². The molecule has 0 aliphatic carbocycles. The number of halogens is 2. The van der Waals surface area contributed by atoms with Crippen LogP contribution >= 0.6 is 0 Å². The number of alkyl halides is 2. The maximum atomic E-state index is 12.4. The van der Waals surface area contributed by atoms with Crippen LogP contribution in [0.1, 0.15) is 20.8 Å². The van der Waals surface area contributed by atoms with Crippen molar-refractivity contribution in [2.75, 3.05) is 19.6 Å². The molecule has 1 fully saturated rings. The summed E-state index contributed by atoms with van der Waals surface area (Å²) in [6, 6.07) is 0. The lowest BCUT2D eigenvalue weighted by atomic mass is 10.1. The second-order valence-corrected chi connectivity index (χ2v) is 4.59. The van der Waals surface area contributed by atoms with Crippen molar-refractivity contribution in [1.82, 2.24) is 4.90 Å². The van der Waals surface area contributed by atoms with Gasteiger partial charge in [-0.2, -0.15) is 0 Å². The number of rotatable bonds is 2. The molecule has 1 saturated heterocycles. The third-order valence-electron chi connectivity index (χ3n) is 1.68. The Kier molecular flexibility index (Phi) is 2.81. The van der Waals surface area contributed by atoms with E-state index in [4.69, 9.17) is 4.74 Å². The van der Waals surface area contributed by atoms with Crippen molar-refractivity contribution in [1.29, 1.82) is 0 Å². The molecule has 5 heteroatoms. The number of esters is 1. The van der Waals surface area contributed by atoms with Gasteiger partial charge in [0.2, 0.25) is 0 Å². The van der Waals surface area contributed by atoms with E-state index in [2.05, 4.69) is 0 Å². The maximum Gasteiger partial charge on any atom is 0.320 e. The summed E-state index contributed by atoms with van der Waals surface area (Å²) in [6.45, 7) is 4.51. The van der Waals surface area contributed by atoms with Gasteiger partial charge in [0.1, 0.15) is 5.60 Å². The molecule has 0 aromatic carbocycles. The van der Waals surface area contributed by atoms with Crippen LogP contribution in [-0.4, -0.2) is 42.0 Å². The van der Waals surface area contributed by atoms with E-state index in [1.807, 2.05) is 0 Å². The molecule has 0 saturated carbocycles. The first kappa shape index (κ1) is 11.4. The van der Waals surface area contributed by atoms with Gasteiger partial charge in [0.15, 0.2) is 0 Å². The Hall–Kier alpha value is -0.710. The van der Waals surface area contributed by atoms with Gasteiger partial charge in [-0.15, -0.1) is 0 Å². The quantitative estimate of drug-likeness (QED) is 0.639. The highest BCUT2D eigenvalue weighted by Gasteiger charge is 2.44. The van der Waals surface area contributed by atoms with Gasteiger partial charge in [0, 0.05) is 0 Å². The zero-order valence-electron chi connectivity index (χ0n) is 8.64. The maximum absolute atomic E-state index is 12.4. The molecule has 0 bridgehead atoms. The Morgan fingerprint density at radius 2 is 1.93 bits per heavy atom. The number of hydrogen-bond acceptors (Lipinski definition) is 3. The molecule has 82 valence electrons.